The number of aromatic nitrogens is 3. The zero-order valence-electron chi connectivity index (χ0n) is 18.7. The largest absolute Gasteiger partial charge is 0.356 e. The Balaban J connectivity index is 1.39. The van der Waals surface area contributed by atoms with Crippen LogP contribution in [-0.2, 0) is 17.6 Å². The SMILES string of the molecule is CCN(CC)CCCNC(=O)C1CCCN(c2nn3c(=O)c4c(nc3s2)CCCC4)C1. The lowest BCUT2D eigenvalue weighted by molar-refractivity contribution is -0.125. The number of nitrogens with one attached hydrogen (secondary N) is 1. The Morgan fingerprint density at radius 1 is 1.23 bits per heavy atom. The number of anilines is 1. The van der Waals surface area contributed by atoms with Crippen LogP contribution in [0.4, 0.5) is 5.13 Å². The molecule has 2 aromatic rings. The van der Waals surface area contributed by atoms with Crippen LogP contribution in [0.2, 0.25) is 0 Å². The van der Waals surface area contributed by atoms with Gasteiger partial charge in [0, 0.05) is 25.2 Å². The Kier molecular flexibility index (Phi) is 7.22. The molecule has 3 heterocycles. The molecule has 1 N–H and O–H groups in total. The number of rotatable bonds is 8. The molecule has 1 saturated heterocycles. The second-order valence-electron chi connectivity index (χ2n) is 8.58. The van der Waals surface area contributed by atoms with Gasteiger partial charge in [-0.05, 0) is 64.6 Å². The molecule has 170 valence electrons. The minimum atomic E-state index is -0.0351. The minimum Gasteiger partial charge on any atom is -0.356 e. The highest BCUT2D eigenvalue weighted by Crippen LogP contribution is 2.28. The molecule has 1 aliphatic carbocycles. The smallest absolute Gasteiger partial charge is 0.278 e. The topological polar surface area (TPSA) is 82.8 Å². The predicted molar refractivity (Wildman–Crippen MR) is 124 cm³/mol. The van der Waals surface area contributed by atoms with Crippen LogP contribution in [-0.4, -0.2) is 64.7 Å². The van der Waals surface area contributed by atoms with E-state index in [2.05, 4.69) is 34.1 Å². The molecule has 0 bridgehead atoms. The fraction of sp³-hybridized carbons (Fsp3) is 0.727. The Labute approximate surface area is 187 Å². The van der Waals surface area contributed by atoms with E-state index in [4.69, 9.17) is 4.98 Å². The first kappa shape index (κ1) is 22.2. The van der Waals surface area contributed by atoms with Crippen LogP contribution in [0.25, 0.3) is 4.96 Å². The summed E-state index contributed by atoms with van der Waals surface area (Å²) in [5.41, 5.74) is 1.77. The molecule has 2 aromatic heterocycles. The number of piperidine rings is 1. The van der Waals surface area contributed by atoms with Gasteiger partial charge in [0.15, 0.2) is 0 Å². The van der Waals surface area contributed by atoms with Crippen molar-refractivity contribution in [2.75, 3.05) is 44.2 Å². The van der Waals surface area contributed by atoms with Crippen molar-refractivity contribution in [1.82, 2.24) is 24.8 Å². The third-order valence-corrected chi connectivity index (χ3v) is 7.55. The van der Waals surface area contributed by atoms with Gasteiger partial charge in [0.1, 0.15) is 0 Å². The van der Waals surface area contributed by atoms with Crippen LogP contribution >= 0.6 is 11.3 Å². The molecule has 1 unspecified atom stereocenters. The van der Waals surface area contributed by atoms with Crippen LogP contribution in [0.1, 0.15) is 57.2 Å². The molecule has 4 rings (SSSR count). The maximum atomic E-state index is 12.9. The normalized spacial score (nSPS) is 19.1. The lowest BCUT2D eigenvalue weighted by Crippen LogP contribution is -2.43. The van der Waals surface area contributed by atoms with E-state index in [-0.39, 0.29) is 17.4 Å². The highest BCUT2D eigenvalue weighted by Gasteiger charge is 2.28. The van der Waals surface area contributed by atoms with Gasteiger partial charge in [-0.25, -0.2) is 4.98 Å². The molecule has 9 heteroatoms. The molecule has 1 amide bonds. The van der Waals surface area contributed by atoms with Crippen molar-refractivity contribution in [2.24, 2.45) is 5.92 Å². The molecular weight excluding hydrogens is 412 g/mol. The van der Waals surface area contributed by atoms with E-state index in [1.807, 2.05) is 0 Å². The summed E-state index contributed by atoms with van der Waals surface area (Å²) >= 11 is 1.46. The number of carbonyl (C=O) groups excluding carboxylic acids is 1. The fourth-order valence-corrected chi connectivity index (χ4v) is 5.60. The van der Waals surface area contributed by atoms with Crippen molar-refractivity contribution >= 4 is 27.3 Å². The maximum Gasteiger partial charge on any atom is 0.278 e. The van der Waals surface area contributed by atoms with E-state index in [0.717, 1.165) is 94.1 Å². The van der Waals surface area contributed by atoms with E-state index in [9.17, 15) is 9.59 Å². The first-order valence-electron chi connectivity index (χ1n) is 11.8. The molecule has 31 heavy (non-hydrogen) atoms. The van der Waals surface area contributed by atoms with Crippen LogP contribution in [0, 0.1) is 5.92 Å². The van der Waals surface area contributed by atoms with Crippen LogP contribution in [0.5, 0.6) is 0 Å². The first-order chi connectivity index (χ1) is 15.1. The zero-order valence-corrected chi connectivity index (χ0v) is 19.5. The highest BCUT2D eigenvalue weighted by atomic mass is 32.1. The van der Waals surface area contributed by atoms with Crippen molar-refractivity contribution in [2.45, 2.75) is 58.8 Å². The lowest BCUT2D eigenvalue weighted by atomic mass is 9.97. The van der Waals surface area contributed by atoms with E-state index < -0.39 is 0 Å². The summed E-state index contributed by atoms with van der Waals surface area (Å²) in [6.45, 7) is 9.67. The fourth-order valence-electron chi connectivity index (χ4n) is 4.65. The number of carbonyl (C=O) groups is 1. The monoisotopic (exact) mass is 446 g/mol. The van der Waals surface area contributed by atoms with Gasteiger partial charge in [-0.3, -0.25) is 9.59 Å². The third kappa shape index (κ3) is 4.92. The number of hydrogen-bond acceptors (Lipinski definition) is 7. The summed E-state index contributed by atoms with van der Waals surface area (Å²) < 4.78 is 1.47. The van der Waals surface area contributed by atoms with Crippen molar-refractivity contribution < 1.29 is 4.79 Å². The summed E-state index contributed by atoms with van der Waals surface area (Å²) in [6, 6.07) is 0. The Hall–Kier alpha value is -2.00. The van der Waals surface area contributed by atoms with E-state index in [1.165, 1.54) is 15.9 Å². The van der Waals surface area contributed by atoms with Gasteiger partial charge >= 0.3 is 0 Å². The minimum absolute atomic E-state index is 0.0123. The van der Waals surface area contributed by atoms with Gasteiger partial charge in [0.05, 0.1) is 11.6 Å². The summed E-state index contributed by atoms with van der Waals surface area (Å²) in [7, 11) is 0. The van der Waals surface area contributed by atoms with Gasteiger partial charge in [0.2, 0.25) is 16.0 Å². The van der Waals surface area contributed by atoms with Crippen molar-refractivity contribution in [1.29, 1.82) is 0 Å². The summed E-state index contributed by atoms with van der Waals surface area (Å²) in [5.74, 6) is 0.100. The standard InChI is InChI=1S/C22H34N6O2S/c1-3-26(4-2)13-8-12-23-19(29)16-9-7-14-27(15-16)22-25-28-20(30)17-10-5-6-11-18(17)24-21(28)31-22/h16H,3-15H2,1-2H3,(H,23,29). The second kappa shape index (κ2) is 10.1. The van der Waals surface area contributed by atoms with Gasteiger partial charge in [-0.1, -0.05) is 25.2 Å². The number of nitrogens with zero attached hydrogens (tertiary/aromatic N) is 5. The van der Waals surface area contributed by atoms with E-state index in [1.54, 1.807) is 0 Å². The molecule has 1 atom stereocenters. The third-order valence-electron chi connectivity index (χ3n) is 6.58. The first-order valence-corrected chi connectivity index (χ1v) is 12.6. The molecule has 0 radical (unpaired) electrons. The summed E-state index contributed by atoms with van der Waals surface area (Å²) in [4.78, 5) is 35.5. The van der Waals surface area contributed by atoms with E-state index >= 15 is 0 Å². The van der Waals surface area contributed by atoms with Crippen molar-refractivity contribution in [3.63, 3.8) is 0 Å². The number of hydrogen-bond donors (Lipinski definition) is 1. The number of aryl methyl sites for hydroxylation is 1. The zero-order chi connectivity index (χ0) is 21.8. The Bertz CT molecular complexity index is 967. The van der Waals surface area contributed by atoms with Crippen LogP contribution in [0.15, 0.2) is 4.79 Å². The number of fused-ring (bicyclic) bond motifs is 2. The molecule has 0 aromatic carbocycles. The Morgan fingerprint density at radius 2 is 2.03 bits per heavy atom. The maximum absolute atomic E-state index is 12.9. The van der Waals surface area contributed by atoms with Gasteiger partial charge in [-0.2, -0.15) is 4.52 Å². The average molecular weight is 447 g/mol. The van der Waals surface area contributed by atoms with Gasteiger partial charge in [0.25, 0.3) is 5.56 Å². The molecule has 0 spiro atoms. The van der Waals surface area contributed by atoms with Gasteiger partial charge in [-0.15, -0.1) is 5.10 Å². The average Bonchev–Trinajstić information content (AvgIpc) is 3.24. The van der Waals surface area contributed by atoms with Gasteiger partial charge < -0.3 is 15.1 Å². The molecular formula is C22H34N6O2S. The quantitative estimate of drug-likeness (QED) is 0.626. The van der Waals surface area contributed by atoms with Crippen LogP contribution < -0.4 is 15.8 Å². The summed E-state index contributed by atoms with van der Waals surface area (Å²) in [6.07, 6.45) is 6.65. The molecule has 2 aliphatic rings. The molecule has 1 aliphatic heterocycles. The summed E-state index contributed by atoms with van der Waals surface area (Å²) in [5, 5.41) is 8.52. The Morgan fingerprint density at radius 3 is 2.84 bits per heavy atom. The molecule has 8 nitrogen and oxygen atoms in total. The number of amides is 1. The second-order valence-corrected chi connectivity index (χ2v) is 9.52. The highest BCUT2D eigenvalue weighted by molar-refractivity contribution is 7.20. The molecule has 1 fully saturated rings. The lowest BCUT2D eigenvalue weighted by Gasteiger charge is -2.31. The van der Waals surface area contributed by atoms with Crippen molar-refractivity contribution in [3.05, 3.63) is 21.6 Å². The predicted octanol–water partition coefficient (Wildman–Crippen LogP) is 2.09. The van der Waals surface area contributed by atoms with Crippen LogP contribution in [0.3, 0.4) is 0 Å². The van der Waals surface area contributed by atoms with Crippen molar-refractivity contribution in [3.8, 4) is 0 Å². The molecule has 0 saturated carbocycles. The van der Waals surface area contributed by atoms with E-state index in [0.29, 0.717) is 11.5 Å².